The average molecular weight is 261 g/mol. The number of rotatable bonds is 3. The van der Waals surface area contributed by atoms with E-state index in [9.17, 15) is 4.79 Å². The van der Waals surface area contributed by atoms with Crippen molar-refractivity contribution < 1.29 is 4.79 Å². The van der Waals surface area contributed by atoms with Crippen LogP contribution in [0.1, 0.15) is 21.5 Å². The van der Waals surface area contributed by atoms with Crippen molar-refractivity contribution in [2.45, 2.75) is 13.3 Å². The number of carbonyl (C=O) groups excluding carboxylic acids is 1. The van der Waals surface area contributed by atoms with Gasteiger partial charge in [0.1, 0.15) is 0 Å². The molecule has 2 heteroatoms. The van der Waals surface area contributed by atoms with Crippen molar-refractivity contribution in [1.29, 1.82) is 0 Å². The average Bonchev–Trinajstić information content (AvgIpc) is 2.49. The van der Waals surface area contributed by atoms with Gasteiger partial charge in [-0.05, 0) is 30.2 Å². The van der Waals surface area contributed by atoms with Crippen molar-refractivity contribution in [3.8, 4) is 0 Å². The minimum Gasteiger partial charge on any atom is -0.294 e. The molecular weight excluding hydrogens is 246 g/mol. The van der Waals surface area contributed by atoms with Crippen LogP contribution in [0, 0.1) is 6.92 Å². The van der Waals surface area contributed by atoms with Gasteiger partial charge in [0.25, 0.3) is 0 Å². The number of hydrogen-bond acceptors (Lipinski definition) is 2. The highest BCUT2D eigenvalue weighted by molar-refractivity contribution is 6.00. The van der Waals surface area contributed by atoms with Gasteiger partial charge in [0.2, 0.25) is 0 Å². The lowest BCUT2D eigenvalue weighted by atomic mass is 9.99. The van der Waals surface area contributed by atoms with E-state index < -0.39 is 0 Å². The molecule has 20 heavy (non-hydrogen) atoms. The van der Waals surface area contributed by atoms with Crippen molar-refractivity contribution in [3.05, 3.63) is 77.5 Å². The van der Waals surface area contributed by atoms with Crippen LogP contribution >= 0.6 is 0 Å². The Kier molecular flexibility index (Phi) is 3.30. The fraction of sp³-hybridized carbons (Fsp3) is 0.111. The number of nitrogens with zero attached hydrogens (tertiary/aromatic N) is 1. The monoisotopic (exact) mass is 261 g/mol. The van der Waals surface area contributed by atoms with E-state index in [1.807, 2.05) is 61.5 Å². The summed E-state index contributed by atoms with van der Waals surface area (Å²) in [5.74, 6) is 0.131. The first-order chi connectivity index (χ1) is 9.74. The minimum absolute atomic E-state index is 0.131. The molecule has 1 heterocycles. The zero-order valence-electron chi connectivity index (χ0n) is 11.3. The zero-order chi connectivity index (χ0) is 13.9. The molecule has 0 saturated carbocycles. The summed E-state index contributed by atoms with van der Waals surface area (Å²) in [7, 11) is 0. The second-order valence-electron chi connectivity index (χ2n) is 4.94. The van der Waals surface area contributed by atoms with E-state index in [1.54, 1.807) is 6.20 Å². The van der Waals surface area contributed by atoms with E-state index >= 15 is 0 Å². The molecule has 3 rings (SSSR count). The van der Waals surface area contributed by atoms with Crippen LogP contribution in [0.3, 0.4) is 0 Å². The van der Waals surface area contributed by atoms with E-state index in [1.165, 1.54) is 0 Å². The molecule has 0 atom stereocenters. The van der Waals surface area contributed by atoms with Crippen molar-refractivity contribution in [3.63, 3.8) is 0 Å². The second kappa shape index (κ2) is 5.25. The number of benzene rings is 2. The topological polar surface area (TPSA) is 30.0 Å². The standard InChI is InChI=1S/C18H15NO/c1-13-5-2-3-6-15(13)12-18(20)16-9-8-14-7-4-10-19-17(14)11-16/h2-11H,12H2,1H3. The number of aromatic nitrogens is 1. The smallest absolute Gasteiger partial charge is 0.167 e. The molecule has 0 unspecified atom stereocenters. The van der Waals surface area contributed by atoms with E-state index in [0.29, 0.717) is 6.42 Å². The van der Waals surface area contributed by atoms with Crippen molar-refractivity contribution in [2.75, 3.05) is 0 Å². The van der Waals surface area contributed by atoms with Gasteiger partial charge in [0.15, 0.2) is 5.78 Å². The van der Waals surface area contributed by atoms with E-state index in [4.69, 9.17) is 0 Å². The number of carbonyl (C=O) groups is 1. The Morgan fingerprint density at radius 3 is 2.75 bits per heavy atom. The van der Waals surface area contributed by atoms with Gasteiger partial charge in [0.05, 0.1) is 5.52 Å². The van der Waals surface area contributed by atoms with E-state index in [-0.39, 0.29) is 5.78 Å². The lowest BCUT2D eigenvalue weighted by molar-refractivity contribution is 0.0993. The van der Waals surface area contributed by atoms with Gasteiger partial charge in [-0.25, -0.2) is 0 Å². The van der Waals surface area contributed by atoms with Crippen LogP contribution in [0.25, 0.3) is 10.9 Å². The SMILES string of the molecule is Cc1ccccc1CC(=O)c1ccc2cccnc2c1. The number of hydrogen-bond donors (Lipinski definition) is 0. The Morgan fingerprint density at radius 1 is 1.05 bits per heavy atom. The fourth-order valence-corrected chi connectivity index (χ4v) is 2.32. The van der Waals surface area contributed by atoms with Crippen LogP contribution in [0.2, 0.25) is 0 Å². The largest absolute Gasteiger partial charge is 0.294 e. The van der Waals surface area contributed by atoms with Crippen molar-refractivity contribution in [2.24, 2.45) is 0 Å². The summed E-state index contributed by atoms with van der Waals surface area (Å²) in [6, 6.07) is 17.6. The minimum atomic E-state index is 0.131. The molecule has 0 aliphatic heterocycles. The van der Waals surface area contributed by atoms with Gasteiger partial charge in [0, 0.05) is 23.6 Å². The molecule has 0 fully saturated rings. The highest BCUT2D eigenvalue weighted by Crippen LogP contribution is 2.16. The number of fused-ring (bicyclic) bond motifs is 1. The van der Waals surface area contributed by atoms with Gasteiger partial charge in [-0.15, -0.1) is 0 Å². The summed E-state index contributed by atoms with van der Waals surface area (Å²) in [6.07, 6.45) is 2.18. The molecule has 1 aromatic heterocycles. The van der Waals surface area contributed by atoms with Gasteiger partial charge in [-0.3, -0.25) is 9.78 Å². The summed E-state index contributed by atoms with van der Waals surface area (Å²) in [5.41, 5.74) is 3.82. The van der Waals surface area contributed by atoms with Crippen LogP contribution in [0.4, 0.5) is 0 Å². The van der Waals surface area contributed by atoms with Crippen LogP contribution in [0.5, 0.6) is 0 Å². The lowest BCUT2D eigenvalue weighted by Gasteiger charge is -2.05. The third kappa shape index (κ3) is 2.45. The Balaban J connectivity index is 1.91. The van der Waals surface area contributed by atoms with E-state index in [2.05, 4.69) is 4.98 Å². The van der Waals surface area contributed by atoms with Gasteiger partial charge < -0.3 is 0 Å². The van der Waals surface area contributed by atoms with Gasteiger partial charge >= 0.3 is 0 Å². The molecule has 0 aliphatic rings. The molecule has 3 aromatic rings. The predicted octanol–water partition coefficient (Wildman–Crippen LogP) is 3.97. The van der Waals surface area contributed by atoms with E-state index in [0.717, 1.165) is 27.6 Å². The molecule has 0 amide bonds. The zero-order valence-corrected chi connectivity index (χ0v) is 11.3. The Morgan fingerprint density at radius 2 is 1.90 bits per heavy atom. The van der Waals surface area contributed by atoms with Crippen LogP contribution in [-0.2, 0) is 6.42 Å². The first-order valence-electron chi connectivity index (χ1n) is 6.66. The Hall–Kier alpha value is -2.48. The number of Topliss-reactive ketones (excluding diaryl/α,β-unsaturated/α-hetero) is 1. The number of pyridine rings is 1. The molecule has 0 radical (unpaired) electrons. The van der Waals surface area contributed by atoms with Crippen molar-refractivity contribution in [1.82, 2.24) is 4.98 Å². The summed E-state index contributed by atoms with van der Waals surface area (Å²) < 4.78 is 0. The molecule has 2 nitrogen and oxygen atoms in total. The number of aryl methyl sites for hydroxylation is 1. The summed E-state index contributed by atoms with van der Waals surface area (Å²) in [4.78, 5) is 16.7. The third-order valence-electron chi connectivity index (χ3n) is 3.54. The molecule has 0 spiro atoms. The number of ketones is 1. The van der Waals surface area contributed by atoms with Gasteiger partial charge in [-0.1, -0.05) is 42.5 Å². The normalized spacial score (nSPS) is 10.7. The quantitative estimate of drug-likeness (QED) is 0.668. The third-order valence-corrected chi connectivity index (χ3v) is 3.54. The first-order valence-corrected chi connectivity index (χ1v) is 6.66. The van der Waals surface area contributed by atoms with Crippen LogP contribution < -0.4 is 0 Å². The molecule has 0 aliphatic carbocycles. The molecule has 0 N–H and O–H groups in total. The summed E-state index contributed by atoms with van der Waals surface area (Å²) >= 11 is 0. The first kappa shape index (κ1) is 12.5. The highest BCUT2D eigenvalue weighted by atomic mass is 16.1. The molecular formula is C18H15NO. The van der Waals surface area contributed by atoms with Crippen molar-refractivity contribution >= 4 is 16.7 Å². The Bertz CT molecular complexity index is 777. The molecule has 2 aromatic carbocycles. The summed E-state index contributed by atoms with van der Waals surface area (Å²) in [6.45, 7) is 2.03. The molecule has 0 bridgehead atoms. The maximum absolute atomic E-state index is 12.4. The Labute approximate surface area is 118 Å². The fourth-order valence-electron chi connectivity index (χ4n) is 2.32. The van der Waals surface area contributed by atoms with Crippen LogP contribution in [-0.4, -0.2) is 10.8 Å². The van der Waals surface area contributed by atoms with Crippen LogP contribution in [0.15, 0.2) is 60.8 Å². The van der Waals surface area contributed by atoms with Gasteiger partial charge in [-0.2, -0.15) is 0 Å². The summed E-state index contributed by atoms with van der Waals surface area (Å²) in [5, 5.41) is 1.06. The molecule has 98 valence electrons. The maximum atomic E-state index is 12.4. The highest BCUT2D eigenvalue weighted by Gasteiger charge is 2.09. The molecule has 0 saturated heterocycles. The second-order valence-corrected chi connectivity index (χ2v) is 4.94. The maximum Gasteiger partial charge on any atom is 0.167 e. The predicted molar refractivity (Wildman–Crippen MR) is 81.0 cm³/mol. The lowest BCUT2D eigenvalue weighted by Crippen LogP contribution is -2.04.